The highest BCUT2D eigenvalue weighted by Crippen LogP contribution is 2.38. The first-order chi connectivity index (χ1) is 9.16. The summed E-state index contributed by atoms with van der Waals surface area (Å²) in [5, 5.41) is 0. The van der Waals surface area contributed by atoms with Crippen LogP contribution in [0.5, 0.6) is 0 Å². The molecule has 0 saturated carbocycles. The van der Waals surface area contributed by atoms with E-state index in [-0.39, 0.29) is 5.54 Å². The number of rotatable bonds is 2. The normalized spacial score (nSPS) is 30.3. The van der Waals surface area contributed by atoms with Crippen molar-refractivity contribution in [2.24, 2.45) is 11.7 Å². The molecule has 1 heterocycles. The number of benzene rings is 1. The van der Waals surface area contributed by atoms with Gasteiger partial charge in [0.25, 0.3) is 0 Å². The second kappa shape index (κ2) is 4.92. The Kier molecular flexibility index (Phi) is 3.40. The summed E-state index contributed by atoms with van der Waals surface area (Å²) in [6.07, 6.45) is 4.96. The van der Waals surface area contributed by atoms with Crippen molar-refractivity contribution < 1.29 is 0 Å². The van der Waals surface area contributed by atoms with Crippen molar-refractivity contribution in [2.75, 3.05) is 13.1 Å². The van der Waals surface area contributed by atoms with Crippen molar-refractivity contribution in [1.82, 2.24) is 4.90 Å². The van der Waals surface area contributed by atoms with Gasteiger partial charge in [0.2, 0.25) is 0 Å². The van der Waals surface area contributed by atoms with Gasteiger partial charge < -0.3 is 5.73 Å². The molecule has 0 radical (unpaired) electrons. The maximum Gasteiger partial charge on any atom is 0.0415 e. The molecule has 104 valence electrons. The molecule has 1 aromatic carbocycles. The number of hydrogen-bond acceptors (Lipinski definition) is 2. The van der Waals surface area contributed by atoms with E-state index < -0.39 is 0 Å². The van der Waals surface area contributed by atoms with E-state index in [9.17, 15) is 0 Å². The lowest BCUT2D eigenvalue weighted by Gasteiger charge is -2.49. The van der Waals surface area contributed by atoms with E-state index in [0.29, 0.717) is 6.04 Å². The van der Waals surface area contributed by atoms with E-state index in [1.165, 1.54) is 30.5 Å². The van der Waals surface area contributed by atoms with Crippen LogP contribution in [0.2, 0.25) is 0 Å². The molecule has 3 rings (SSSR count). The van der Waals surface area contributed by atoms with Crippen molar-refractivity contribution in [3.05, 3.63) is 35.4 Å². The molecule has 0 aromatic heterocycles. The minimum absolute atomic E-state index is 0.178. The zero-order valence-electron chi connectivity index (χ0n) is 12.2. The lowest BCUT2D eigenvalue weighted by atomic mass is 9.84. The van der Waals surface area contributed by atoms with Crippen LogP contribution >= 0.6 is 0 Å². The van der Waals surface area contributed by atoms with Gasteiger partial charge in [0.1, 0.15) is 0 Å². The van der Waals surface area contributed by atoms with Crippen molar-refractivity contribution in [2.45, 2.75) is 51.1 Å². The summed E-state index contributed by atoms with van der Waals surface area (Å²) >= 11 is 0. The number of likely N-dealkylation sites (tertiary alicyclic amines) is 1. The molecular formula is C17H26N2. The van der Waals surface area contributed by atoms with Gasteiger partial charge >= 0.3 is 0 Å². The third kappa shape index (κ3) is 2.11. The number of fused-ring (bicyclic) bond motifs is 1. The summed E-state index contributed by atoms with van der Waals surface area (Å²) in [5.74, 6) is 0.792. The monoisotopic (exact) mass is 258 g/mol. The quantitative estimate of drug-likeness (QED) is 0.883. The predicted molar refractivity (Wildman–Crippen MR) is 80.2 cm³/mol. The molecule has 0 bridgehead atoms. The van der Waals surface area contributed by atoms with E-state index in [0.717, 1.165) is 25.3 Å². The molecule has 2 aliphatic rings. The molecule has 1 saturated heterocycles. The van der Waals surface area contributed by atoms with Crippen LogP contribution in [-0.2, 0) is 12.8 Å². The lowest BCUT2D eigenvalue weighted by molar-refractivity contribution is 0.00974. The smallest absolute Gasteiger partial charge is 0.0415 e. The fourth-order valence-corrected chi connectivity index (χ4v) is 4.14. The highest BCUT2D eigenvalue weighted by Gasteiger charge is 2.44. The Morgan fingerprint density at radius 3 is 2.42 bits per heavy atom. The summed E-state index contributed by atoms with van der Waals surface area (Å²) in [6.45, 7) is 6.78. The van der Waals surface area contributed by atoms with E-state index in [1.807, 2.05) is 0 Å². The van der Waals surface area contributed by atoms with Crippen LogP contribution in [0.1, 0.15) is 37.8 Å². The van der Waals surface area contributed by atoms with Crippen molar-refractivity contribution >= 4 is 0 Å². The SMILES string of the molecule is CC1CCCN(C2(CN)Cc3ccccc3C2)C1C. The third-order valence-electron chi connectivity index (χ3n) is 5.52. The molecule has 2 nitrogen and oxygen atoms in total. The Morgan fingerprint density at radius 2 is 1.84 bits per heavy atom. The molecule has 1 fully saturated rings. The van der Waals surface area contributed by atoms with Gasteiger partial charge in [-0.2, -0.15) is 0 Å². The van der Waals surface area contributed by atoms with Crippen molar-refractivity contribution in [1.29, 1.82) is 0 Å². The van der Waals surface area contributed by atoms with Gasteiger partial charge in [-0.05, 0) is 56.2 Å². The van der Waals surface area contributed by atoms with Crippen LogP contribution in [0, 0.1) is 5.92 Å². The molecule has 0 spiro atoms. The first kappa shape index (κ1) is 13.1. The second-order valence-corrected chi connectivity index (χ2v) is 6.60. The number of nitrogens with two attached hydrogens (primary N) is 1. The van der Waals surface area contributed by atoms with Crippen LogP contribution in [0.15, 0.2) is 24.3 Å². The maximum atomic E-state index is 6.25. The molecular weight excluding hydrogens is 232 g/mol. The summed E-state index contributed by atoms with van der Waals surface area (Å²) in [7, 11) is 0. The van der Waals surface area contributed by atoms with E-state index in [4.69, 9.17) is 5.73 Å². The van der Waals surface area contributed by atoms with Gasteiger partial charge in [-0.25, -0.2) is 0 Å². The molecule has 2 unspecified atom stereocenters. The molecule has 2 heteroatoms. The average Bonchev–Trinajstić information content (AvgIpc) is 2.81. The fourth-order valence-electron chi connectivity index (χ4n) is 4.14. The summed E-state index contributed by atoms with van der Waals surface area (Å²) in [4.78, 5) is 2.72. The van der Waals surface area contributed by atoms with Crippen LogP contribution in [0.25, 0.3) is 0 Å². The van der Waals surface area contributed by atoms with E-state index in [1.54, 1.807) is 0 Å². The second-order valence-electron chi connectivity index (χ2n) is 6.60. The third-order valence-corrected chi connectivity index (χ3v) is 5.52. The standard InChI is InChI=1S/C17H26N2/c1-13-6-5-9-19(14(13)2)17(12-18)10-15-7-3-4-8-16(15)11-17/h3-4,7-8,13-14H,5-6,9-12,18H2,1-2H3. The summed E-state index contributed by atoms with van der Waals surface area (Å²) in [6, 6.07) is 9.54. The van der Waals surface area contributed by atoms with Crippen LogP contribution in [0.4, 0.5) is 0 Å². The molecule has 2 atom stereocenters. The zero-order valence-corrected chi connectivity index (χ0v) is 12.2. The van der Waals surface area contributed by atoms with Gasteiger partial charge in [-0.1, -0.05) is 31.2 Å². The van der Waals surface area contributed by atoms with E-state index >= 15 is 0 Å². The number of nitrogens with zero attached hydrogens (tertiary/aromatic N) is 1. The Morgan fingerprint density at radius 1 is 1.21 bits per heavy atom. The Bertz CT molecular complexity index is 429. The fraction of sp³-hybridized carbons (Fsp3) is 0.647. The Hall–Kier alpha value is -0.860. The first-order valence-corrected chi connectivity index (χ1v) is 7.70. The highest BCUT2D eigenvalue weighted by atomic mass is 15.2. The lowest BCUT2D eigenvalue weighted by Crippen LogP contribution is -2.61. The highest BCUT2D eigenvalue weighted by molar-refractivity contribution is 5.37. The molecule has 1 aliphatic heterocycles. The van der Waals surface area contributed by atoms with Crippen molar-refractivity contribution in [3.8, 4) is 0 Å². The number of hydrogen-bond donors (Lipinski definition) is 1. The van der Waals surface area contributed by atoms with Crippen molar-refractivity contribution in [3.63, 3.8) is 0 Å². The molecule has 1 aromatic rings. The predicted octanol–water partition coefficient (Wildman–Crippen LogP) is 2.60. The van der Waals surface area contributed by atoms with Crippen LogP contribution < -0.4 is 5.73 Å². The van der Waals surface area contributed by atoms with Gasteiger partial charge in [0.05, 0.1) is 0 Å². The number of piperidine rings is 1. The van der Waals surface area contributed by atoms with Gasteiger partial charge in [-0.15, -0.1) is 0 Å². The largest absolute Gasteiger partial charge is 0.329 e. The molecule has 2 N–H and O–H groups in total. The summed E-state index contributed by atoms with van der Waals surface area (Å²) < 4.78 is 0. The minimum atomic E-state index is 0.178. The van der Waals surface area contributed by atoms with Gasteiger partial charge in [0.15, 0.2) is 0 Å². The van der Waals surface area contributed by atoms with E-state index in [2.05, 4.69) is 43.0 Å². The topological polar surface area (TPSA) is 29.3 Å². The zero-order chi connectivity index (χ0) is 13.5. The maximum absolute atomic E-state index is 6.25. The van der Waals surface area contributed by atoms with Crippen LogP contribution in [-0.4, -0.2) is 29.6 Å². The Balaban J connectivity index is 1.89. The Labute approximate surface area is 117 Å². The molecule has 0 amide bonds. The van der Waals surface area contributed by atoms with Gasteiger partial charge in [0, 0.05) is 18.1 Å². The van der Waals surface area contributed by atoms with Crippen LogP contribution in [0.3, 0.4) is 0 Å². The summed E-state index contributed by atoms with van der Waals surface area (Å²) in [5.41, 5.74) is 9.45. The molecule has 1 aliphatic carbocycles. The first-order valence-electron chi connectivity index (χ1n) is 7.70. The minimum Gasteiger partial charge on any atom is -0.329 e. The average molecular weight is 258 g/mol. The molecule has 19 heavy (non-hydrogen) atoms. The van der Waals surface area contributed by atoms with Gasteiger partial charge in [-0.3, -0.25) is 4.90 Å².